The third kappa shape index (κ3) is 1.47. The molecule has 0 atom stereocenters. The van der Waals surface area contributed by atoms with Crippen molar-refractivity contribution < 1.29 is 9.53 Å². The quantitative estimate of drug-likeness (QED) is 0.389. The van der Waals surface area contributed by atoms with Crippen molar-refractivity contribution in [1.29, 1.82) is 0 Å². The summed E-state index contributed by atoms with van der Waals surface area (Å²) in [4.78, 5) is 10.2. The minimum absolute atomic E-state index is 0.0422. The molecule has 1 radical (unpaired) electrons. The fraction of sp³-hybridized carbons (Fsp3) is 0.700. The van der Waals surface area contributed by atoms with E-state index in [9.17, 15) is 4.79 Å². The number of fused-ring (bicyclic) bond motifs is 3. The summed E-state index contributed by atoms with van der Waals surface area (Å²) in [5, 5.41) is 3.13. The van der Waals surface area contributed by atoms with Crippen molar-refractivity contribution in [2.24, 2.45) is 0 Å². The van der Waals surface area contributed by atoms with Gasteiger partial charge in [0.1, 0.15) is 5.60 Å². The van der Waals surface area contributed by atoms with Crippen LogP contribution < -0.4 is 5.23 Å². The van der Waals surface area contributed by atoms with Crippen LogP contribution in [-0.4, -0.2) is 31.3 Å². The predicted molar refractivity (Wildman–Crippen MR) is 54.4 cm³/mol. The maximum atomic E-state index is 10.2. The van der Waals surface area contributed by atoms with Crippen molar-refractivity contribution in [2.45, 2.75) is 36.8 Å². The van der Waals surface area contributed by atoms with Gasteiger partial charge >= 0.3 is 0 Å². The molecule has 0 spiro atoms. The topological polar surface area (TPSA) is 38.3 Å². The van der Waals surface area contributed by atoms with Gasteiger partial charge in [-0.15, -0.1) is 6.42 Å². The zero-order valence-electron chi connectivity index (χ0n) is 8.08. The fourth-order valence-electron chi connectivity index (χ4n) is 2.28. The smallest absolute Gasteiger partial charge is 0.290 e. The van der Waals surface area contributed by atoms with E-state index in [-0.39, 0.29) is 11.1 Å². The molecule has 4 heteroatoms. The Bertz CT molecular complexity index is 260. The summed E-state index contributed by atoms with van der Waals surface area (Å²) in [5.41, 5.74) is -0.357. The van der Waals surface area contributed by atoms with Gasteiger partial charge in [0.25, 0.3) is 7.41 Å². The summed E-state index contributed by atoms with van der Waals surface area (Å²) in [6.45, 7) is 0.613. The summed E-state index contributed by atoms with van der Waals surface area (Å²) < 4.78 is 5.68. The molecule has 1 aliphatic carbocycles. The van der Waals surface area contributed by atoms with E-state index in [2.05, 4.69) is 11.1 Å². The molecule has 2 bridgehead atoms. The summed E-state index contributed by atoms with van der Waals surface area (Å²) in [6, 6.07) is 0. The molecule has 3 fully saturated rings. The largest absolute Gasteiger partial charge is 0.361 e. The lowest BCUT2D eigenvalue weighted by atomic mass is 9.69. The summed E-state index contributed by atoms with van der Waals surface area (Å²) in [5.74, 6) is 2.75. The molecule has 1 N–H and O–H groups in total. The molecular weight excluding hydrogens is 177 g/mol. The van der Waals surface area contributed by atoms with Crippen LogP contribution in [0.4, 0.5) is 0 Å². The van der Waals surface area contributed by atoms with Gasteiger partial charge in [0.15, 0.2) is 0 Å². The number of carbonyl (C=O) groups is 1. The number of hydrogen-bond donors (Lipinski definition) is 1. The van der Waals surface area contributed by atoms with Gasteiger partial charge in [0.2, 0.25) is 0 Å². The van der Waals surface area contributed by atoms with Crippen LogP contribution in [0.25, 0.3) is 0 Å². The first-order valence-electron chi connectivity index (χ1n) is 4.91. The molecule has 14 heavy (non-hydrogen) atoms. The highest BCUT2D eigenvalue weighted by atomic mass is 16.5. The Morgan fingerprint density at radius 2 is 2.14 bits per heavy atom. The molecule has 2 saturated heterocycles. The molecule has 0 unspecified atom stereocenters. The van der Waals surface area contributed by atoms with Gasteiger partial charge in [0.05, 0.1) is 12.8 Å². The van der Waals surface area contributed by atoms with Crippen LogP contribution >= 0.6 is 0 Å². The van der Waals surface area contributed by atoms with Crippen molar-refractivity contribution in [3.63, 3.8) is 0 Å². The fourth-order valence-corrected chi connectivity index (χ4v) is 2.28. The minimum Gasteiger partial charge on any atom is -0.361 e. The molecule has 0 aromatic carbocycles. The maximum absolute atomic E-state index is 10.2. The van der Waals surface area contributed by atoms with Gasteiger partial charge in [0, 0.05) is 5.54 Å². The number of hydrogen-bond acceptors (Lipinski definition) is 3. The average molecular weight is 190 g/mol. The van der Waals surface area contributed by atoms with Gasteiger partial charge in [-0.1, -0.05) is 5.92 Å². The standard InChI is InChI=1S/C10H13BNO2/c1-2-10-5-3-9(4-6-10,7-14-10)12-11-8-13/h1,8,12H,3-7H2. The zero-order chi connectivity index (χ0) is 10.1. The summed E-state index contributed by atoms with van der Waals surface area (Å²) >= 11 is 0. The molecule has 3 nitrogen and oxygen atoms in total. The first kappa shape index (κ1) is 9.76. The SMILES string of the molecule is C#CC12CCC(N[B]C=O)(CC1)CO2. The van der Waals surface area contributed by atoms with Crippen molar-refractivity contribution in [3.05, 3.63) is 0 Å². The van der Waals surface area contributed by atoms with E-state index >= 15 is 0 Å². The van der Waals surface area contributed by atoms with Crippen molar-refractivity contribution in [1.82, 2.24) is 5.23 Å². The van der Waals surface area contributed by atoms with Crippen LogP contribution in [0.5, 0.6) is 0 Å². The van der Waals surface area contributed by atoms with E-state index in [1.165, 1.54) is 7.41 Å². The Morgan fingerprint density at radius 1 is 1.43 bits per heavy atom. The van der Waals surface area contributed by atoms with Gasteiger partial charge in [-0.05, 0) is 25.7 Å². The van der Waals surface area contributed by atoms with E-state index in [1.54, 1.807) is 0 Å². The third-order valence-electron chi connectivity index (χ3n) is 3.36. The maximum Gasteiger partial charge on any atom is 0.290 e. The van der Waals surface area contributed by atoms with Crippen molar-refractivity contribution in [2.75, 3.05) is 6.61 Å². The highest BCUT2D eigenvalue weighted by molar-refractivity contribution is 6.64. The van der Waals surface area contributed by atoms with E-state index in [0.717, 1.165) is 31.9 Å². The van der Waals surface area contributed by atoms with Crippen molar-refractivity contribution >= 4 is 13.6 Å². The monoisotopic (exact) mass is 190 g/mol. The normalized spacial score (nSPS) is 40.2. The van der Waals surface area contributed by atoms with Gasteiger partial charge < -0.3 is 14.8 Å². The molecule has 2 aliphatic heterocycles. The van der Waals surface area contributed by atoms with Crippen molar-refractivity contribution in [3.8, 4) is 12.3 Å². The lowest BCUT2D eigenvalue weighted by Gasteiger charge is -2.51. The van der Waals surface area contributed by atoms with Gasteiger partial charge in [-0.3, -0.25) is 0 Å². The number of rotatable bonds is 3. The molecular formula is C10H13BNO2. The van der Waals surface area contributed by atoms with E-state index in [1.807, 2.05) is 0 Å². The van der Waals surface area contributed by atoms with Crippen LogP contribution in [0.15, 0.2) is 0 Å². The van der Waals surface area contributed by atoms with E-state index in [4.69, 9.17) is 11.2 Å². The first-order chi connectivity index (χ1) is 6.74. The second-order valence-corrected chi connectivity index (χ2v) is 4.15. The molecule has 3 aliphatic rings. The van der Waals surface area contributed by atoms with E-state index < -0.39 is 0 Å². The highest BCUT2D eigenvalue weighted by Gasteiger charge is 2.48. The molecule has 0 aromatic rings. The number of carbonyl (C=O) groups excluding carboxylic acids is 1. The second kappa shape index (κ2) is 3.41. The lowest BCUT2D eigenvalue weighted by Crippen LogP contribution is -2.62. The van der Waals surface area contributed by atoms with Crippen LogP contribution in [0.3, 0.4) is 0 Å². The molecule has 0 aromatic heterocycles. The summed E-state index contributed by atoms with van der Waals surface area (Å²) in [7, 11) is 1.46. The van der Waals surface area contributed by atoms with Gasteiger partial charge in [-0.2, -0.15) is 0 Å². The Balaban J connectivity index is 2.02. The Kier molecular flexibility index (Phi) is 2.38. The third-order valence-corrected chi connectivity index (χ3v) is 3.36. The summed E-state index contributed by atoms with van der Waals surface area (Å²) in [6.07, 6.45) is 9.99. The van der Waals surface area contributed by atoms with E-state index in [0.29, 0.717) is 6.61 Å². The second-order valence-electron chi connectivity index (χ2n) is 4.15. The zero-order valence-corrected chi connectivity index (χ0v) is 8.08. The molecule has 0 amide bonds. The minimum atomic E-state index is -0.315. The van der Waals surface area contributed by atoms with Crippen LogP contribution in [0.2, 0.25) is 0 Å². The Labute approximate surface area is 84.8 Å². The highest BCUT2D eigenvalue weighted by Crippen LogP contribution is 2.42. The molecule has 73 valence electrons. The van der Waals surface area contributed by atoms with Crippen LogP contribution in [0, 0.1) is 12.3 Å². The number of ether oxygens (including phenoxy) is 1. The molecule has 1 saturated carbocycles. The van der Waals surface area contributed by atoms with Gasteiger partial charge in [-0.25, -0.2) is 0 Å². The number of terminal acetylenes is 1. The molecule has 3 rings (SSSR count). The Hall–Kier alpha value is -0.785. The molecule has 2 heterocycles. The lowest BCUT2D eigenvalue weighted by molar-refractivity contribution is -0.123. The predicted octanol–water partition coefficient (Wildman–Crippen LogP) is 0.100. The Morgan fingerprint density at radius 3 is 2.57 bits per heavy atom. The first-order valence-corrected chi connectivity index (χ1v) is 4.91. The van der Waals surface area contributed by atoms with Crippen LogP contribution in [-0.2, 0) is 9.53 Å². The van der Waals surface area contributed by atoms with Crippen LogP contribution in [0.1, 0.15) is 25.7 Å². The number of nitrogens with one attached hydrogen (secondary N) is 1. The average Bonchev–Trinajstić information content (AvgIpc) is 2.29.